The van der Waals surface area contributed by atoms with Gasteiger partial charge in [-0.1, -0.05) is 24.3 Å². The van der Waals surface area contributed by atoms with E-state index in [2.05, 4.69) is 5.10 Å². The zero-order chi connectivity index (χ0) is 28.7. The number of rotatable bonds is 5. The van der Waals surface area contributed by atoms with Gasteiger partial charge in [-0.15, -0.1) is 5.10 Å². The van der Waals surface area contributed by atoms with Crippen LogP contribution in [0.15, 0.2) is 58.1 Å². The second-order valence-electron chi connectivity index (χ2n) is 9.38. The number of hydrogen-bond acceptors (Lipinski definition) is 10. The molecular formula is C27H26N4O9. The molecule has 0 aliphatic carbocycles. The number of aromatic nitrogens is 4. The Balaban J connectivity index is 1.76. The lowest BCUT2D eigenvalue weighted by Crippen LogP contribution is -2.56. The first-order valence-corrected chi connectivity index (χ1v) is 12.4. The average molecular weight is 551 g/mol. The van der Waals surface area contributed by atoms with Gasteiger partial charge >= 0.3 is 23.6 Å². The molecule has 4 atom stereocenters. The van der Waals surface area contributed by atoms with Gasteiger partial charge < -0.3 is 18.9 Å². The Labute approximate surface area is 226 Å². The third-order valence-electron chi connectivity index (χ3n) is 6.39. The first-order chi connectivity index (χ1) is 19.1. The standard InChI is InChI=1S/C27H26N4O9/c1-14-8-7-9-18(12-14)29-24(35)19-10-5-6-11-20(19)30-26(29)28-31(27(30)36)25-23(40-17(4)34)22(39-16(3)33)21(13-37-25)38-15(2)32/h5-12,21-23,25H,13H2,1-4H3/t21-,22+,23-,25-/m1/s1. The minimum absolute atomic E-state index is 0.0179. The predicted molar refractivity (Wildman–Crippen MR) is 139 cm³/mol. The van der Waals surface area contributed by atoms with Gasteiger partial charge in [-0.05, 0) is 36.8 Å². The van der Waals surface area contributed by atoms with Crippen LogP contribution in [-0.2, 0) is 33.3 Å². The Morgan fingerprint density at radius 2 is 1.57 bits per heavy atom. The molecule has 0 unspecified atom stereocenters. The summed E-state index contributed by atoms with van der Waals surface area (Å²) in [5.74, 6) is -2.19. The van der Waals surface area contributed by atoms with Crippen molar-refractivity contribution < 1.29 is 33.3 Å². The number of carbonyl (C=O) groups is 3. The highest BCUT2D eigenvalue weighted by molar-refractivity contribution is 5.80. The molecule has 5 rings (SSSR count). The molecule has 13 nitrogen and oxygen atoms in total. The van der Waals surface area contributed by atoms with Gasteiger partial charge in [-0.25, -0.2) is 13.8 Å². The van der Waals surface area contributed by atoms with E-state index in [1.807, 2.05) is 13.0 Å². The molecule has 0 radical (unpaired) electrons. The molecule has 40 heavy (non-hydrogen) atoms. The van der Waals surface area contributed by atoms with Crippen LogP contribution in [-0.4, -0.2) is 61.6 Å². The summed E-state index contributed by atoms with van der Waals surface area (Å²) in [6.45, 7) is 5.01. The van der Waals surface area contributed by atoms with E-state index in [0.717, 1.165) is 24.1 Å². The van der Waals surface area contributed by atoms with Crippen molar-refractivity contribution in [1.29, 1.82) is 0 Å². The molecule has 1 aliphatic heterocycles. The molecule has 0 spiro atoms. The van der Waals surface area contributed by atoms with Crippen LogP contribution in [0, 0.1) is 6.92 Å². The maximum Gasteiger partial charge on any atom is 0.354 e. The van der Waals surface area contributed by atoms with Crippen molar-refractivity contribution in [2.24, 2.45) is 0 Å². The maximum absolute atomic E-state index is 14.0. The lowest BCUT2D eigenvalue weighted by molar-refractivity contribution is -0.242. The molecule has 0 N–H and O–H groups in total. The summed E-state index contributed by atoms with van der Waals surface area (Å²) in [6, 6.07) is 13.7. The number of fused-ring (bicyclic) bond motifs is 3. The fourth-order valence-corrected chi connectivity index (χ4v) is 4.89. The van der Waals surface area contributed by atoms with Crippen LogP contribution in [0.4, 0.5) is 0 Å². The number of aryl methyl sites for hydroxylation is 1. The molecule has 0 saturated carbocycles. The van der Waals surface area contributed by atoms with Crippen molar-refractivity contribution >= 4 is 34.6 Å². The van der Waals surface area contributed by atoms with E-state index < -0.39 is 53.7 Å². The monoisotopic (exact) mass is 550 g/mol. The second kappa shape index (κ2) is 10.4. The first-order valence-electron chi connectivity index (χ1n) is 12.4. The number of esters is 3. The topological polar surface area (TPSA) is 149 Å². The van der Waals surface area contributed by atoms with Gasteiger partial charge in [-0.2, -0.15) is 4.68 Å². The molecule has 0 bridgehead atoms. The zero-order valence-electron chi connectivity index (χ0n) is 22.1. The van der Waals surface area contributed by atoms with Crippen molar-refractivity contribution in [1.82, 2.24) is 18.7 Å². The van der Waals surface area contributed by atoms with Crippen LogP contribution in [0.2, 0.25) is 0 Å². The van der Waals surface area contributed by atoms with E-state index >= 15 is 0 Å². The van der Waals surface area contributed by atoms with Crippen molar-refractivity contribution in [3.05, 3.63) is 74.9 Å². The Kier molecular flexibility index (Phi) is 6.98. The van der Waals surface area contributed by atoms with E-state index in [-0.39, 0.29) is 17.8 Å². The molecular weight excluding hydrogens is 524 g/mol. The first kappa shape index (κ1) is 26.8. The molecule has 208 valence electrons. The van der Waals surface area contributed by atoms with Crippen LogP contribution in [0.1, 0.15) is 32.6 Å². The summed E-state index contributed by atoms with van der Waals surface area (Å²) in [5, 5.41) is 4.75. The molecule has 13 heteroatoms. The highest BCUT2D eigenvalue weighted by Crippen LogP contribution is 2.30. The number of para-hydroxylation sites is 1. The Hall–Kier alpha value is -4.78. The average Bonchev–Trinajstić information content (AvgIpc) is 3.22. The molecule has 3 heterocycles. The number of nitrogens with zero attached hydrogens (tertiary/aromatic N) is 4. The van der Waals surface area contributed by atoms with E-state index in [0.29, 0.717) is 11.2 Å². The van der Waals surface area contributed by atoms with Gasteiger partial charge in [0, 0.05) is 20.8 Å². The quantitative estimate of drug-likeness (QED) is 0.264. The molecule has 2 aromatic carbocycles. The molecule has 1 saturated heterocycles. The van der Waals surface area contributed by atoms with Gasteiger partial charge in [0.05, 0.1) is 23.2 Å². The fraction of sp³-hybridized carbons (Fsp3) is 0.333. The van der Waals surface area contributed by atoms with Crippen molar-refractivity contribution in [2.45, 2.75) is 52.2 Å². The number of benzene rings is 2. The smallest absolute Gasteiger partial charge is 0.354 e. The molecule has 1 fully saturated rings. The summed E-state index contributed by atoms with van der Waals surface area (Å²) in [5.41, 5.74) is 0.550. The van der Waals surface area contributed by atoms with Crippen LogP contribution in [0.3, 0.4) is 0 Å². The summed E-state index contributed by atoms with van der Waals surface area (Å²) in [4.78, 5) is 63.4. The van der Waals surface area contributed by atoms with Crippen molar-refractivity contribution in [3.63, 3.8) is 0 Å². The van der Waals surface area contributed by atoms with E-state index in [1.165, 1.54) is 15.9 Å². The van der Waals surface area contributed by atoms with Gasteiger partial charge in [-0.3, -0.25) is 19.2 Å². The van der Waals surface area contributed by atoms with Crippen LogP contribution < -0.4 is 11.2 Å². The normalized spacial score (nSPS) is 20.8. The van der Waals surface area contributed by atoms with Crippen LogP contribution in [0.5, 0.6) is 0 Å². The van der Waals surface area contributed by atoms with Crippen LogP contribution >= 0.6 is 0 Å². The summed E-state index contributed by atoms with van der Waals surface area (Å²) in [7, 11) is 0. The second-order valence-corrected chi connectivity index (χ2v) is 9.38. The number of hydrogen-bond donors (Lipinski definition) is 0. The Morgan fingerprint density at radius 3 is 2.25 bits per heavy atom. The van der Waals surface area contributed by atoms with E-state index in [9.17, 15) is 24.0 Å². The van der Waals surface area contributed by atoms with Crippen molar-refractivity contribution in [2.75, 3.05) is 6.61 Å². The number of ether oxygens (including phenoxy) is 4. The molecule has 1 aliphatic rings. The highest BCUT2D eigenvalue weighted by atomic mass is 16.6. The number of carbonyl (C=O) groups excluding carboxylic acids is 3. The third-order valence-corrected chi connectivity index (χ3v) is 6.39. The zero-order valence-corrected chi connectivity index (χ0v) is 22.1. The maximum atomic E-state index is 14.0. The Bertz CT molecular complexity index is 1770. The summed E-state index contributed by atoms with van der Waals surface area (Å²) in [6.07, 6.45) is -5.25. The largest absolute Gasteiger partial charge is 0.456 e. The van der Waals surface area contributed by atoms with E-state index in [1.54, 1.807) is 42.5 Å². The van der Waals surface area contributed by atoms with Crippen LogP contribution in [0.25, 0.3) is 22.4 Å². The molecule has 4 aromatic rings. The van der Waals surface area contributed by atoms with Gasteiger partial charge in [0.15, 0.2) is 24.5 Å². The highest BCUT2D eigenvalue weighted by Gasteiger charge is 2.49. The Morgan fingerprint density at radius 1 is 0.900 bits per heavy atom. The van der Waals surface area contributed by atoms with Gasteiger partial charge in [0.25, 0.3) is 5.56 Å². The van der Waals surface area contributed by atoms with Crippen molar-refractivity contribution in [3.8, 4) is 5.69 Å². The van der Waals surface area contributed by atoms with Gasteiger partial charge in [0.1, 0.15) is 0 Å². The summed E-state index contributed by atoms with van der Waals surface area (Å²) < 4.78 is 25.5. The fourth-order valence-electron chi connectivity index (χ4n) is 4.89. The minimum Gasteiger partial charge on any atom is -0.456 e. The summed E-state index contributed by atoms with van der Waals surface area (Å²) >= 11 is 0. The lowest BCUT2D eigenvalue weighted by Gasteiger charge is -2.39. The van der Waals surface area contributed by atoms with E-state index in [4.69, 9.17) is 18.9 Å². The minimum atomic E-state index is -1.42. The lowest BCUT2D eigenvalue weighted by atomic mass is 10.0. The predicted octanol–water partition coefficient (Wildman–Crippen LogP) is 1.43. The van der Waals surface area contributed by atoms with Gasteiger partial charge in [0.2, 0.25) is 5.78 Å². The SMILES string of the molecule is CC(=O)O[C@@H]1[C@@H](OC(C)=O)[C@H](OC(C)=O)CO[C@H]1n1nc2n(-c3cccc(C)c3)c(=O)c3ccccc3n2c1=O. The molecule has 0 amide bonds. The third kappa shape index (κ3) is 4.75. The molecule has 2 aromatic heterocycles.